The maximum Gasteiger partial charge on any atom is 0.353 e. The molecule has 0 spiro atoms. The average Bonchev–Trinajstić information content (AvgIpc) is 2.44. The van der Waals surface area contributed by atoms with Crippen LogP contribution in [0.4, 0.5) is 25.8 Å². The Labute approximate surface area is 163 Å². The standard InChI is InChI=1S/C13H4Br3F2N3O4/c14-4-1-5(15)9(6(16)2-4)10-7(20(22)23)3-8(21(24)25)12-11(10)13(17,18)19-12/h1-3,19H. The number of hydrogen-bond donors (Lipinski definition) is 1. The molecular weight excluding hydrogens is 540 g/mol. The molecule has 0 fully saturated rings. The van der Waals surface area contributed by atoms with Gasteiger partial charge in [-0.3, -0.25) is 20.2 Å². The third-order valence-corrected chi connectivity index (χ3v) is 5.24. The Kier molecular flexibility index (Phi) is 4.32. The predicted octanol–water partition coefficient (Wildman–Crippen LogP) is 5.93. The van der Waals surface area contributed by atoms with Crippen LogP contribution in [0.15, 0.2) is 31.6 Å². The van der Waals surface area contributed by atoms with Crippen molar-refractivity contribution in [1.29, 1.82) is 0 Å². The lowest BCUT2D eigenvalue weighted by Crippen LogP contribution is -2.37. The normalized spacial score (nSPS) is 14.3. The van der Waals surface area contributed by atoms with Gasteiger partial charge in [0.2, 0.25) is 0 Å². The number of rotatable bonds is 3. The zero-order valence-electron chi connectivity index (χ0n) is 11.6. The number of benzene rings is 2. The highest BCUT2D eigenvalue weighted by molar-refractivity contribution is 9.11. The van der Waals surface area contributed by atoms with Gasteiger partial charge in [-0.05, 0) is 12.1 Å². The molecule has 2 aromatic rings. The summed E-state index contributed by atoms with van der Waals surface area (Å²) in [5.41, 5.74) is -3.06. The molecule has 0 saturated carbocycles. The van der Waals surface area contributed by atoms with Crippen LogP contribution in [-0.2, 0) is 6.05 Å². The fourth-order valence-electron chi connectivity index (χ4n) is 2.57. The van der Waals surface area contributed by atoms with Gasteiger partial charge in [-0.2, -0.15) is 8.78 Å². The van der Waals surface area contributed by atoms with E-state index in [-0.39, 0.29) is 11.1 Å². The minimum atomic E-state index is -3.63. The molecule has 0 radical (unpaired) electrons. The highest BCUT2D eigenvalue weighted by atomic mass is 79.9. The van der Waals surface area contributed by atoms with Gasteiger partial charge in [-0.15, -0.1) is 0 Å². The zero-order valence-corrected chi connectivity index (χ0v) is 16.4. The van der Waals surface area contributed by atoms with Gasteiger partial charge >= 0.3 is 6.05 Å². The number of nitrogens with one attached hydrogen (secondary N) is 1. The van der Waals surface area contributed by atoms with Gasteiger partial charge in [0.15, 0.2) is 0 Å². The fraction of sp³-hybridized carbons (Fsp3) is 0.0769. The van der Waals surface area contributed by atoms with Gasteiger partial charge in [0.05, 0.1) is 27.0 Å². The van der Waals surface area contributed by atoms with E-state index in [1.165, 1.54) is 12.1 Å². The monoisotopic (exact) mass is 541 g/mol. The predicted molar refractivity (Wildman–Crippen MR) is 95.8 cm³/mol. The van der Waals surface area contributed by atoms with E-state index < -0.39 is 38.5 Å². The van der Waals surface area contributed by atoms with Crippen LogP contribution in [0.5, 0.6) is 0 Å². The molecule has 0 unspecified atom stereocenters. The first-order chi connectivity index (χ1) is 11.5. The lowest BCUT2D eigenvalue weighted by Gasteiger charge is -2.33. The van der Waals surface area contributed by atoms with E-state index in [0.717, 1.165) is 0 Å². The van der Waals surface area contributed by atoms with E-state index in [4.69, 9.17) is 0 Å². The fourth-order valence-corrected chi connectivity index (χ4v) is 5.23. The second-order valence-electron chi connectivity index (χ2n) is 5.00. The summed E-state index contributed by atoms with van der Waals surface area (Å²) >= 11 is 9.63. The molecule has 0 amide bonds. The molecule has 0 atom stereocenters. The van der Waals surface area contributed by atoms with Crippen molar-refractivity contribution in [3.05, 3.63) is 57.4 Å². The highest BCUT2D eigenvalue weighted by Crippen LogP contribution is 2.58. The molecule has 0 saturated heterocycles. The third-order valence-electron chi connectivity index (χ3n) is 3.53. The van der Waals surface area contributed by atoms with Crippen molar-refractivity contribution in [2.24, 2.45) is 0 Å². The Balaban J connectivity index is 2.48. The molecule has 1 aliphatic heterocycles. The lowest BCUT2D eigenvalue weighted by molar-refractivity contribution is -0.393. The molecule has 130 valence electrons. The first-order valence-corrected chi connectivity index (χ1v) is 8.73. The van der Waals surface area contributed by atoms with Crippen LogP contribution >= 0.6 is 47.8 Å². The Bertz CT molecular complexity index is 945. The van der Waals surface area contributed by atoms with Crippen molar-refractivity contribution in [2.45, 2.75) is 6.05 Å². The summed E-state index contributed by atoms with van der Waals surface area (Å²) in [4.78, 5) is 20.7. The van der Waals surface area contributed by atoms with Crippen molar-refractivity contribution in [2.75, 3.05) is 5.32 Å². The summed E-state index contributed by atoms with van der Waals surface area (Å²) in [6.07, 6.45) is 0. The van der Waals surface area contributed by atoms with Gasteiger partial charge in [0, 0.05) is 19.0 Å². The zero-order chi connectivity index (χ0) is 18.7. The first-order valence-electron chi connectivity index (χ1n) is 6.35. The molecule has 1 N–H and O–H groups in total. The Morgan fingerprint density at radius 3 is 1.88 bits per heavy atom. The van der Waals surface area contributed by atoms with Gasteiger partial charge in [-0.1, -0.05) is 47.8 Å². The molecule has 0 aromatic heterocycles. The molecule has 7 nitrogen and oxygen atoms in total. The highest BCUT2D eigenvalue weighted by Gasteiger charge is 2.53. The first kappa shape index (κ1) is 18.1. The van der Waals surface area contributed by atoms with Crippen LogP contribution in [0.3, 0.4) is 0 Å². The van der Waals surface area contributed by atoms with Crippen molar-refractivity contribution in [3.8, 4) is 11.1 Å². The molecule has 0 bridgehead atoms. The Hall–Kier alpha value is -1.66. The second-order valence-corrected chi connectivity index (χ2v) is 7.62. The van der Waals surface area contributed by atoms with Gasteiger partial charge in [0.25, 0.3) is 11.4 Å². The molecule has 12 heteroatoms. The van der Waals surface area contributed by atoms with Crippen molar-refractivity contribution < 1.29 is 18.6 Å². The van der Waals surface area contributed by atoms with Crippen molar-refractivity contribution in [1.82, 2.24) is 0 Å². The van der Waals surface area contributed by atoms with E-state index in [9.17, 15) is 29.0 Å². The van der Waals surface area contributed by atoms with Crippen molar-refractivity contribution in [3.63, 3.8) is 0 Å². The van der Waals surface area contributed by atoms with Crippen LogP contribution in [0.25, 0.3) is 11.1 Å². The number of alkyl halides is 2. The van der Waals surface area contributed by atoms with Gasteiger partial charge < -0.3 is 5.32 Å². The maximum atomic E-state index is 14.1. The third kappa shape index (κ3) is 2.81. The molecule has 2 aromatic carbocycles. The van der Waals surface area contributed by atoms with E-state index in [2.05, 4.69) is 47.8 Å². The minimum Gasteiger partial charge on any atom is -0.317 e. The Morgan fingerprint density at radius 2 is 1.44 bits per heavy atom. The number of nitrogens with zero attached hydrogens (tertiary/aromatic N) is 2. The van der Waals surface area contributed by atoms with E-state index in [1.54, 1.807) is 5.32 Å². The van der Waals surface area contributed by atoms with Crippen LogP contribution in [-0.4, -0.2) is 9.85 Å². The molecule has 3 rings (SSSR count). The maximum absolute atomic E-state index is 14.1. The molecule has 0 aliphatic carbocycles. The lowest BCUT2D eigenvalue weighted by atomic mass is 9.89. The Morgan fingerprint density at radius 1 is 0.920 bits per heavy atom. The van der Waals surface area contributed by atoms with E-state index in [0.29, 0.717) is 19.5 Å². The van der Waals surface area contributed by atoms with Gasteiger partial charge in [0.1, 0.15) is 5.69 Å². The quantitative estimate of drug-likeness (QED) is 0.294. The topological polar surface area (TPSA) is 98.3 Å². The number of nitro benzene ring substituents is 2. The molecule has 1 heterocycles. The smallest absolute Gasteiger partial charge is 0.317 e. The molecule has 1 aliphatic rings. The van der Waals surface area contributed by atoms with E-state index in [1.807, 2.05) is 0 Å². The number of anilines is 1. The number of halogens is 5. The summed E-state index contributed by atoms with van der Waals surface area (Å²) in [6.45, 7) is 0. The van der Waals surface area contributed by atoms with Gasteiger partial charge in [-0.25, -0.2) is 0 Å². The average molecular weight is 544 g/mol. The summed E-state index contributed by atoms with van der Waals surface area (Å²) in [5.74, 6) is 0. The second kappa shape index (κ2) is 5.95. The molecule has 25 heavy (non-hydrogen) atoms. The summed E-state index contributed by atoms with van der Waals surface area (Å²) in [5, 5.41) is 24.2. The SMILES string of the molecule is O=[N+]([O-])c1cc([N+](=O)[O-])c(-c2c(Br)cc(Br)cc2Br)c2c1NC2(F)F. The van der Waals surface area contributed by atoms with Crippen LogP contribution in [0, 0.1) is 20.2 Å². The molecular formula is C13H4Br3F2N3O4. The minimum absolute atomic E-state index is 0.0993. The number of fused-ring (bicyclic) bond motifs is 1. The van der Waals surface area contributed by atoms with Crippen LogP contribution < -0.4 is 5.32 Å². The summed E-state index contributed by atoms with van der Waals surface area (Å²) in [7, 11) is 0. The van der Waals surface area contributed by atoms with E-state index >= 15 is 0 Å². The largest absolute Gasteiger partial charge is 0.353 e. The summed E-state index contributed by atoms with van der Waals surface area (Å²) < 4.78 is 29.4. The van der Waals surface area contributed by atoms with Crippen molar-refractivity contribution >= 4 is 64.9 Å². The number of nitro groups is 2. The van der Waals surface area contributed by atoms with Crippen LogP contribution in [0.2, 0.25) is 0 Å². The number of hydrogen-bond acceptors (Lipinski definition) is 5. The summed E-state index contributed by atoms with van der Waals surface area (Å²) in [6, 6.07) is 0.106. The van der Waals surface area contributed by atoms with Crippen LogP contribution in [0.1, 0.15) is 5.56 Å².